The molecule has 120 valence electrons. The van der Waals surface area contributed by atoms with Gasteiger partial charge in [-0.25, -0.2) is 9.18 Å². The normalized spacial score (nSPS) is 15.5. The van der Waals surface area contributed by atoms with Gasteiger partial charge in [0.15, 0.2) is 0 Å². The van der Waals surface area contributed by atoms with Gasteiger partial charge in [-0.1, -0.05) is 22.0 Å². The molecule has 0 aliphatic carbocycles. The van der Waals surface area contributed by atoms with Crippen LogP contribution in [0.1, 0.15) is 38.3 Å². The zero-order valence-corrected chi connectivity index (χ0v) is 15.0. The molecule has 0 spiro atoms. The minimum absolute atomic E-state index is 0.241. The number of aryl methyl sites for hydroxylation is 1. The molecule has 0 unspecified atom stereocenters. The summed E-state index contributed by atoms with van der Waals surface area (Å²) >= 11 is 3.33. The molecule has 1 aromatic carbocycles. The molecule has 1 amide bonds. The zero-order chi connectivity index (χ0) is 16.5. The second-order valence-corrected chi connectivity index (χ2v) is 7.34. The number of nitrogens with zero attached hydrogens (tertiary/aromatic N) is 1. The first kappa shape index (κ1) is 17.0. The lowest BCUT2D eigenvalue weighted by atomic mass is 9.97. The number of hydrogen-bond donors (Lipinski definition) is 0. The van der Waals surface area contributed by atoms with Gasteiger partial charge in [-0.3, -0.25) is 0 Å². The Hall–Kier alpha value is -1.36. The summed E-state index contributed by atoms with van der Waals surface area (Å²) in [6, 6.07) is 3.33. The van der Waals surface area contributed by atoms with E-state index < -0.39 is 5.60 Å². The highest BCUT2D eigenvalue weighted by Crippen LogP contribution is 2.29. The van der Waals surface area contributed by atoms with Gasteiger partial charge in [-0.2, -0.15) is 0 Å². The van der Waals surface area contributed by atoms with Gasteiger partial charge >= 0.3 is 6.09 Å². The summed E-state index contributed by atoms with van der Waals surface area (Å²) in [5.41, 5.74) is 2.04. The number of amides is 1. The molecule has 0 saturated heterocycles. The van der Waals surface area contributed by atoms with Crippen LogP contribution >= 0.6 is 15.9 Å². The lowest BCUT2D eigenvalue weighted by Gasteiger charge is -2.29. The maximum Gasteiger partial charge on any atom is 0.410 e. The molecule has 0 bridgehead atoms. The Labute approximate surface area is 139 Å². The van der Waals surface area contributed by atoms with Gasteiger partial charge in [0.2, 0.25) is 0 Å². The summed E-state index contributed by atoms with van der Waals surface area (Å²) in [6.07, 6.45) is 2.20. The fourth-order valence-corrected chi connectivity index (χ4v) is 2.62. The standard InChI is InChI=1S/C17H21BrFNO2/c1-11-9-13(15(19)10-14(11)18)12-5-7-20(8-6-12)16(21)22-17(2,3)4/h5,9-10H,6-8H2,1-4H3. The van der Waals surface area contributed by atoms with Crippen molar-refractivity contribution < 1.29 is 13.9 Å². The topological polar surface area (TPSA) is 29.5 Å². The Bertz CT molecular complexity index is 620. The van der Waals surface area contributed by atoms with Gasteiger partial charge < -0.3 is 9.64 Å². The fourth-order valence-electron chi connectivity index (χ4n) is 2.31. The Morgan fingerprint density at radius 3 is 2.59 bits per heavy atom. The number of carbonyl (C=O) groups excluding carboxylic acids is 1. The third kappa shape index (κ3) is 4.09. The summed E-state index contributed by atoms with van der Waals surface area (Å²) in [5, 5.41) is 0. The lowest BCUT2D eigenvalue weighted by molar-refractivity contribution is 0.0270. The average Bonchev–Trinajstić information content (AvgIpc) is 2.41. The molecule has 1 heterocycles. The van der Waals surface area contributed by atoms with Crippen LogP contribution in [0.15, 0.2) is 22.7 Å². The smallest absolute Gasteiger partial charge is 0.410 e. The van der Waals surface area contributed by atoms with Crippen molar-refractivity contribution in [3.05, 3.63) is 39.6 Å². The highest BCUT2D eigenvalue weighted by Gasteiger charge is 2.24. The van der Waals surface area contributed by atoms with Crippen LogP contribution in [0.3, 0.4) is 0 Å². The number of rotatable bonds is 1. The van der Waals surface area contributed by atoms with Gasteiger partial charge in [0.25, 0.3) is 0 Å². The van der Waals surface area contributed by atoms with Crippen LogP contribution < -0.4 is 0 Å². The van der Waals surface area contributed by atoms with Crippen molar-refractivity contribution in [2.45, 2.75) is 39.7 Å². The highest BCUT2D eigenvalue weighted by molar-refractivity contribution is 9.10. The highest BCUT2D eigenvalue weighted by atomic mass is 79.9. The van der Waals surface area contributed by atoms with E-state index in [-0.39, 0.29) is 11.9 Å². The number of halogens is 2. The molecule has 0 N–H and O–H groups in total. The number of hydrogen-bond acceptors (Lipinski definition) is 2. The van der Waals surface area contributed by atoms with Crippen molar-refractivity contribution in [1.29, 1.82) is 0 Å². The van der Waals surface area contributed by atoms with E-state index in [4.69, 9.17) is 4.74 Å². The van der Waals surface area contributed by atoms with E-state index in [1.54, 1.807) is 4.90 Å². The minimum atomic E-state index is -0.504. The molecular formula is C17H21BrFNO2. The third-order valence-corrected chi connectivity index (χ3v) is 4.31. The van der Waals surface area contributed by atoms with Crippen LogP contribution in [0.2, 0.25) is 0 Å². The van der Waals surface area contributed by atoms with Gasteiger partial charge in [-0.15, -0.1) is 0 Å². The van der Waals surface area contributed by atoms with Crippen molar-refractivity contribution in [2.24, 2.45) is 0 Å². The van der Waals surface area contributed by atoms with Gasteiger partial charge in [0.05, 0.1) is 0 Å². The first-order valence-electron chi connectivity index (χ1n) is 7.30. The van der Waals surface area contributed by atoms with Crippen molar-refractivity contribution in [3.8, 4) is 0 Å². The van der Waals surface area contributed by atoms with Crippen LogP contribution in [0.5, 0.6) is 0 Å². The molecule has 0 radical (unpaired) electrons. The Kier molecular flexibility index (Phi) is 4.95. The maximum atomic E-state index is 14.1. The molecule has 22 heavy (non-hydrogen) atoms. The number of ether oxygens (including phenoxy) is 1. The lowest BCUT2D eigenvalue weighted by Crippen LogP contribution is -2.39. The van der Waals surface area contributed by atoms with E-state index >= 15 is 0 Å². The molecule has 5 heteroatoms. The first-order valence-corrected chi connectivity index (χ1v) is 8.09. The largest absolute Gasteiger partial charge is 0.444 e. The molecule has 1 aliphatic heterocycles. The second kappa shape index (κ2) is 6.41. The van der Waals surface area contributed by atoms with Crippen LogP contribution in [-0.2, 0) is 4.74 Å². The second-order valence-electron chi connectivity index (χ2n) is 6.49. The van der Waals surface area contributed by atoms with Crippen LogP contribution in [0.25, 0.3) is 5.57 Å². The minimum Gasteiger partial charge on any atom is -0.444 e. The summed E-state index contributed by atoms with van der Waals surface area (Å²) in [6.45, 7) is 8.44. The molecule has 0 aromatic heterocycles. The van der Waals surface area contributed by atoms with Crippen LogP contribution in [-0.4, -0.2) is 29.7 Å². The molecule has 1 aromatic rings. The fraction of sp³-hybridized carbons (Fsp3) is 0.471. The number of benzene rings is 1. The van der Waals surface area contributed by atoms with Gasteiger partial charge in [0.1, 0.15) is 11.4 Å². The molecule has 0 fully saturated rings. The van der Waals surface area contributed by atoms with Crippen molar-refractivity contribution in [2.75, 3.05) is 13.1 Å². The van der Waals surface area contributed by atoms with Crippen LogP contribution in [0.4, 0.5) is 9.18 Å². The summed E-state index contributed by atoms with van der Waals surface area (Å²) in [7, 11) is 0. The Balaban J connectivity index is 2.12. The summed E-state index contributed by atoms with van der Waals surface area (Å²) < 4.78 is 20.2. The molecular weight excluding hydrogens is 349 g/mol. The maximum absolute atomic E-state index is 14.1. The predicted molar refractivity (Wildman–Crippen MR) is 89.2 cm³/mol. The first-order chi connectivity index (χ1) is 10.2. The van der Waals surface area contributed by atoms with E-state index in [9.17, 15) is 9.18 Å². The Morgan fingerprint density at radius 2 is 2.05 bits per heavy atom. The Morgan fingerprint density at radius 1 is 1.36 bits per heavy atom. The number of carbonyl (C=O) groups is 1. The predicted octanol–water partition coefficient (Wildman–Crippen LogP) is 4.92. The van der Waals surface area contributed by atoms with Crippen LogP contribution in [0, 0.1) is 12.7 Å². The molecule has 0 atom stereocenters. The van der Waals surface area contributed by atoms with Gasteiger partial charge in [-0.05, 0) is 57.4 Å². The zero-order valence-electron chi connectivity index (χ0n) is 13.4. The quantitative estimate of drug-likeness (QED) is 0.702. The van der Waals surface area contributed by atoms with Crippen molar-refractivity contribution in [1.82, 2.24) is 4.90 Å². The average molecular weight is 370 g/mol. The van der Waals surface area contributed by atoms with E-state index in [1.807, 2.05) is 39.8 Å². The molecule has 1 aliphatic rings. The molecule has 2 rings (SSSR count). The van der Waals surface area contributed by atoms with E-state index in [0.717, 1.165) is 15.6 Å². The van der Waals surface area contributed by atoms with E-state index in [0.29, 0.717) is 25.1 Å². The van der Waals surface area contributed by atoms with Crippen molar-refractivity contribution in [3.63, 3.8) is 0 Å². The van der Waals surface area contributed by atoms with Crippen molar-refractivity contribution >= 4 is 27.6 Å². The van der Waals surface area contributed by atoms with Gasteiger partial charge in [0, 0.05) is 23.1 Å². The monoisotopic (exact) mass is 369 g/mol. The third-order valence-electron chi connectivity index (χ3n) is 3.46. The van der Waals surface area contributed by atoms with E-state index in [1.165, 1.54) is 6.07 Å². The molecule has 0 saturated carbocycles. The summed E-state index contributed by atoms with van der Waals surface area (Å²) in [5.74, 6) is -0.241. The SMILES string of the molecule is Cc1cc(C2=CCN(C(=O)OC(C)(C)C)CC2)c(F)cc1Br. The summed E-state index contributed by atoms with van der Waals surface area (Å²) in [4.78, 5) is 13.7. The molecule has 3 nitrogen and oxygen atoms in total. The van der Waals surface area contributed by atoms with E-state index in [2.05, 4.69) is 15.9 Å².